The van der Waals surface area contributed by atoms with Gasteiger partial charge in [0.25, 0.3) is 0 Å². The van der Waals surface area contributed by atoms with Crippen molar-refractivity contribution in [3.8, 4) is 5.75 Å². The lowest BCUT2D eigenvalue weighted by molar-refractivity contribution is -0.137. The topological polar surface area (TPSA) is 28.6 Å². The van der Waals surface area contributed by atoms with E-state index in [-0.39, 0.29) is 6.04 Å². The maximum absolute atomic E-state index is 13.0. The van der Waals surface area contributed by atoms with Crippen molar-refractivity contribution >= 4 is 11.4 Å². The van der Waals surface area contributed by atoms with Gasteiger partial charge in [-0.3, -0.25) is 9.88 Å². The normalized spacial score (nSPS) is 15.5. The molecule has 1 fully saturated rings. The molecule has 32 heavy (non-hydrogen) atoms. The zero-order chi connectivity index (χ0) is 22.6. The minimum absolute atomic E-state index is 0.183. The lowest BCUT2D eigenvalue weighted by atomic mass is 10.0. The highest BCUT2D eigenvalue weighted by Gasteiger charge is 2.31. The van der Waals surface area contributed by atoms with Crippen molar-refractivity contribution in [3.63, 3.8) is 0 Å². The molecular formula is C25H26F3N3O. The number of pyridine rings is 1. The third kappa shape index (κ3) is 5.22. The van der Waals surface area contributed by atoms with Crippen LogP contribution in [0, 0.1) is 0 Å². The number of halogens is 3. The van der Waals surface area contributed by atoms with Crippen LogP contribution >= 0.6 is 0 Å². The van der Waals surface area contributed by atoms with E-state index in [1.807, 2.05) is 24.3 Å². The van der Waals surface area contributed by atoms with E-state index in [1.54, 1.807) is 31.6 Å². The highest BCUT2D eigenvalue weighted by Crippen LogP contribution is 2.35. The third-order valence-corrected chi connectivity index (χ3v) is 5.88. The van der Waals surface area contributed by atoms with Gasteiger partial charge < -0.3 is 9.64 Å². The molecule has 1 aromatic heterocycles. The van der Waals surface area contributed by atoms with Gasteiger partial charge in [-0.2, -0.15) is 13.2 Å². The molecule has 0 amide bonds. The van der Waals surface area contributed by atoms with E-state index in [4.69, 9.17) is 4.74 Å². The van der Waals surface area contributed by atoms with Gasteiger partial charge in [0.2, 0.25) is 0 Å². The Morgan fingerprint density at radius 3 is 2.22 bits per heavy atom. The number of anilines is 2. The average molecular weight is 441 g/mol. The molecular weight excluding hydrogens is 415 g/mol. The van der Waals surface area contributed by atoms with Crippen LogP contribution < -0.4 is 9.64 Å². The van der Waals surface area contributed by atoms with Gasteiger partial charge in [0, 0.05) is 37.6 Å². The SMILES string of the molecule is COc1ccc(CN2CCC(N(c3ccc(C(F)(F)F)cc3)c3cccnc3)CC2)cc1. The molecule has 2 aromatic carbocycles. The smallest absolute Gasteiger partial charge is 0.416 e. The lowest BCUT2D eigenvalue weighted by Gasteiger charge is -2.40. The number of ether oxygens (including phenoxy) is 1. The molecule has 0 bridgehead atoms. The molecule has 4 nitrogen and oxygen atoms in total. The third-order valence-electron chi connectivity index (χ3n) is 5.88. The van der Waals surface area contributed by atoms with Gasteiger partial charge in [-0.1, -0.05) is 12.1 Å². The number of alkyl halides is 3. The van der Waals surface area contributed by atoms with E-state index in [1.165, 1.54) is 5.56 Å². The second-order valence-electron chi connectivity index (χ2n) is 7.98. The molecule has 0 unspecified atom stereocenters. The van der Waals surface area contributed by atoms with Gasteiger partial charge in [0.1, 0.15) is 5.75 Å². The molecule has 0 radical (unpaired) electrons. The minimum Gasteiger partial charge on any atom is -0.497 e. The summed E-state index contributed by atoms with van der Waals surface area (Å²) in [6.45, 7) is 2.69. The Hall–Kier alpha value is -3.06. The average Bonchev–Trinajstić information content (AvgIpc) is 2.81. The molecule has 1 aliphatic rings. The highest BCUT2D eigenvalue weighted by atomic mass is 19.4. The van der Waals surface area contributed by atoms with Crippen molar-refractivity contribution in [2.75, 3.05) is 25.1 Å². The first kappa shape index (κ1) is 22.1. The van der Waals surface area contributed by atoms with E-state index in [0.717, 1.165) is 61.7 Å². The molecule has 0 aliphatic carbocycles. The standard InChI is InChI=1S/C25H26F3N3O/c1-32-24-10-4-19(5-11-24)18-30-15-12-22(13-16-30)31(23-3-2-14-29-17-23)21-8-6-20(7-9-21)25(26,27)28/h2-11,14,17,22H,12-13,15-16,18H2,1H3. The van der Waals surface area contributed by atoms with Crippen LogP contribution in [0.15, 0.2) is 73.1 Å². The van der Waals surface area contributed by atoms with Crippen molar-refractivity contribution in [1.82, 2.24) is 9.88 Å². The molecule has 1 saturated heterocycles. The predicted octanol–water partition coefficient (Wildman–Crippen LogP) is 5.91. The highest BCUT2D eigenvalue weighted by molar-refractivity contribution is 5.63. The van der Waals surface area contributed by atoms with Crippen LogP contribution in [0.5, 0.6) is 5.75 Å². The molecule has 0 spiro atoms. The first-order valence-corrected chi connectivity index (χ1v) is 10.7. The van der Waals surface area contributed by atoms with Crippen LogP contribution in [0.25, 0.3) is 0 Å². The van der Waals surface area contributed by atoms with Gasteiger partial charge in [0.05, 0.1) is 24.6 Å². The van der Waals surface area contributed by atoms with Crippen molar-refractivity contribution in [2.24, 2.45) is 0 Å². The number of methoxy groups -OCH3 is 1. The van der Waals surface area contributed by atoms with Crippen molar-refractivity contribution in [1.29, 1.82) is 0 Å². The molecule has 3 aromatic rings. The molecule has 0 N–H and O–H groups in total. The Labute approximate surface area is 186 Å². The zero-order valence-corrected chi connectivity index (χ0v) is 17.9. The summed E-state index contributed by atoms with van der Waals surface area (Å²) in [5.41, 5.74) is 2.23. The number of piperidine rings is 1. The van der Waals surface area contributed by atoms with Gasteiger partial charge in [-0.15, -0.1) is 0 Å². The minimum atomic E-state index is -4.34. The summed E-state index contributed by atoms with van der Waals surface area (Å²) in [5.74, 6) is 0.844. The summed E-state index contributed by atoms with van der Waals surface area (Å²) < 4.78 is 44.3. The first-order valence-electron chi connectivity index (χ1n) is 10.7. The second kappa shape index (κ2) is 9.61. The van der Waals surface area contributed by atoms with Crippen LogP contribution in [-0.4, -0.2) is 36.1 Å². The molecule has 2 heterocycles. The maximum Gasteiger partial charge on any atom is 0.416 e. The summed E-state index contributed by atoms with van der Waals surface area (Å²) in [4.78, 5) is 8.76. The predicted molar refractivity (Wildman–Crippen MR) is 119 cm³/mol. The summed E-state index contributed by atoms with van der Waals surface area (Å²) in [5, 5.41) is 0. The largest absolute Gasteiger partial charge is 0.497 e. The van der Waals surface area contributed by atoms with E-state index >= 15 is 0 Å². The lowest BCUT2D eigenvalue weighted by Crippen LogP contribution is -2.43. The Morgan fingerprint density at radius 1 is 0.969 bits per heavy atom. The fourth-order valence-corrected chi connectivity index (χ4v) is 4.20. The summed E-state index contributed by atoms with van der Waals surface area (Å²) >= 11 is 0. The maximum atomic E-state index is 13.0. The van der Waals surface area contributed by atoms with Gasteiger partial charge >= 0.3 is 6.18 Å². The Kier molecular flexibility index (Phi) is 6.65. The molecule has 7 heteroatoms. The van der Waals surface area contributed by atoms with E-state index in [0.29, 0.717) is 0 Å². The fourth-order valence-electron chi connectivity index (χ4n) is 4.20. The van der Waals surface area contributed by atoms with Crippen molar-refractivity contribution in [2.45, 2.75) is 31.6 Å². The summed E-state index contributed by atoms with van der Waals surface area (Å²) in [7, 11) is 1.66. The number of hydrogen-bond donors (Lipinski definition) is 0. The van der Waals surface area contributed by atoms with Gasteiger partial charge in [0.15, 0.2) is 0 Å². The molecule has 0 saturated carbocycles. The van der Waals surface area contributed by atoms with Gasteiger partial charge in [-0.25, -0.2) is 0 Å². The first-order chi connectivity index (χ1) is 15.4. The molecule has 4 rings (SSSR count). The van der Waals surface area contributed by atoms with Crippen LogP contribution in [0.2, 0.25) is 0 Å². The fraction of sp³-hybridized carbons (Fsp3) is 0.320. The molecule has 1 aliphatic heterocycles. The summed E-state index contributed by atoms with van der Waals surface area (Å²) in [6.07, 6.45) is 0.940. The number of nitrogens with zero attached hydrogens (tertiary/aromatic N) is 3. The molecule has 0 atom stereocenters. The quantitative estimate of drug-likeness (QED) is 0.475. The number of likely N-dealkylation sites (tertiary alicyclic amines) is 1. The van der Waals surface area contributed by atoms with Gasteiger partial charge in [-0.05, 0) is 66.9 Å². The summed E-state index contributed by atoms with van der Waals surface area (Å²) in [6, 6.07) is 17.5. The number of benzene rings is 2. The van der Waals surface area contributed by atoms with Crippen LogP contribution in [0.3, 0.4) is 0 Å². The van der Waals surface area contributed by atoms with Crippen LogP contribution in [-0.2, 0) is 12.7 Å². The Bertz CT molecular complexity index is 984. The van der Waals surface area contributed by atoms with Crippen molar-refractivity contribution < 1.29 is 17.9 Å². The van der Waals surface area contributed by atoms with E-state index < -0.39 is 11.7 Å². The Morgan fingerprint density at radius 2 is 1.66 bits per heavy atom. The Balaban J connectivity index is 1.48. The number of hydrogen-bond acceptors (Lipinski definition) is 4. The van der Waals surface area contributed by atoms with Crippen LogP contribution in [0.1, 0.15) is 24.0 Å². The second-order valence-corrected chi connectivity index (χ2v) is 7.98. The number of rotatable bonds is 6. The zero-order valence-electron chi connectivity index (χ0n) is 17.9. The van der Waals surface area contributed by atoms with Crippen molar-refractivity contribution in [3.05, 3.63) is 84.2 Å². The monoisotopic (exact) mass is 441 g/mol. The van der Waals surface area contributed by atoms with E-state index in [9.17, 15) is 13.2 Å². The van der Waals surface area contributed by atoms with Crippen LogP contribution in [0.4, 0.5) is 24.5 Å². The van der Waals surface area contributed by atoms with E-state index in [2.05, 4.69) is 26.9 Å². The number of aromatic nitrogens is 1. The molecule has 168 valence electrons.